The van der Waals surface area contributed by atoms with E-state index in [1.807, 2.05) is 48.2 Å². The lowest BCUT2D eigenvalue weighted by molar-refractivity contribution is 0.447. The molecule has 0 unspecified atom stereocenters. The van der Waals surface area contributed by atoms with Crippen molar-refractivity contribution in [1.82, 2.24) is 0 Å². The van der Waals surface area contributed by atoms with Crippen LogP contribution in [-0.2, 0) is 10.8 Å². The smallest absolute Gasteiger partial charge is 0.119 e. The summed E-state index contributed by atoms with van der Waals surface area (Å²) in [6, 6.07) is 15.1. The first-order valence-corrected chi connectivity index (χ1v) is 9.04. The van der Waals surface area contributed by atoms with Gasteiger partial charge in [-0.3, -0.25) is 0 Å². The van der Waals surface area contributed by atoms with Crippen molar-refractivity contribution in [2.24, 2.45) is 0 Å². The summed E-state index contributed by atoms with van der Waals surface area (Å²) in [6.07, 6.45) is 0. The number of para-hydroxylation sites is 2. The van der Waals surface area contributed by atoms with Crippen molar-refractivity contribution < 1.29 is 10.2 Å². The Morgan fingerprint density at radius 1 is 0.696 bits per heavy atom. The first kappa shape index (κ1) is 17.7. The van der Waals surface area contributed by atoms with Crippen molar-refractivity contribution in [2.75, 3.05) is 11.5 Å². The van der Waals surface area contributed by atoms with Crippen molar-refractivity contribution in [1.29, 1.82) is 0 Å². The second kappa shape index (κ2) is 6.88. The molecule has 3 heteroatoms. The van der Waals surface area contributed by atoms with E-state index >= 15 is 0 Å². The fourth-order valence-electron chi connectivity index (χ4n) is 2.81. The van der Waals surface area contributed by atoms with Crippen LogP contribution in [0, 0.1) is 0 Å². The molecule has 124 valence electrons. The molecule has 0 aliphatic carbocycles. The Bertz CT molecular complexity index is 605. The highest BCUT2D eigenvalue weighted by atomic mass is 32.2. The van der Waals surface area contributed by atoms with Gasteiger partial charge in [-0.25, -0.2) is 0 Å². The van der Waals surface area contributed by atoms with E-state index in [4.69, 9.17) is 0 Å². The minimum atomic E-state index is -0.106. The minimum absolute atomic E-state index is 0.106. The topological polar surface area (TPSA) is 40.5 Å². The van der Waals surface area contributed by atoms with Gasteiger partial charge in [0.25, 0.3) is 0 Å². The van der Waals surface area contributed by atoms with Crippen LogP contribution in [0.4, 0.5) is 0 Å². The summed E-state index contributed by atoms with van der Waals surface area (Å²) in [4.78, 5) is 0. The lowest BCUT2D eigenvalue weighted by Crippen LogP contribution is -2.25. The number of thioether (sulfide) groups is 1. The average Bonchev–Trinajstić information content (AvgIpc) is 2.47. The summed E-state index contributed by atoms with van der Waals surface area (Å²) in [6.45, 7) is 8.62. The van der Waals surface area contributed by atoms with E-state index in [0.717, 1.165) is 22.6 Å². The lowest BCUT2D eigenvalue weighted by atomic mass is 9.86. The Balaban J connectivity index is 2.04. The van der Waals surface area contributed by atoms with Crippen LogP contribution in [0.25, 0.3) is 0 Å². The maximum Gasteiger partial charge on any atom is 0.119 e. The molecule has 23 heavy (non-hydrogen) atoms. The van der Waals surface area contributed by atoms with Gasteiger partial charge in [0.2, 0.25) is 0 Å². The number of phenolic OH excluding ortho intramolecular Hbond substituents is 2. The van der Waals surface area contributed by atoms with Crippen LogP contribution >= 0.6 is 11.8 Å². The van der Waals surface area contributed by atoms with E-state index < -0.39 is 0 Å². The van der Waals surface area contributed by atoms with Gasteiger partial charge in [-0.2, -0.15) is 11.8 Å². The molecule has 0 aliphatic heterocycles. The molecular formula is C20H26O2S. The van der Waals surface area contributed by atoms with Crippen LogP contribution in [-0.4, -0.2) is 21.7 Å². The molecule has 2 rings (SSSR count). The minimum Gasteiger partial charge on any atom is -0.508 e. The summed E-state index contributed by atoms with van der Waals surface area (Å²) in [5, 5.41) is 20.2. The van der Waals surface area contributed by atoms with E-state index in [0.29, 0.717) is 11.5 Å². The first-order chi connectivity index (χ1) is 10.7. The van der Waals surface area contributed by atoms with E-state index in [1.54, 1.807) is 12.1 Å². The van der Waals surface area contributed by atoms with E-state index in [9.17, 15) is 10.2 Å². The molecule has 0 fully saturated rings. The van der Waals surface area contributed by atoms with Crippen LogP contribution < -0.4 is 0 Å². The number of rotatable bonds is 6. The lowest BCUT2D eigenvalue weighted by Gasteiger charge is -2.30. The molecule has 0 aliphatic rings. The van der Waals surface area contributed by atoms with E-state index in [1.165, 1.54) is 0 Å². The number of phenols is 2. The molecule has 0 heterocycles. The number of hydrogen-bond donors (Lipinski definition) is 2. The fourth-order valence-corrected chi connectivity index (χ4v) is 4.24. The highest BCUT2D eigenvalue weighted by Crippen LogP contribution is 2.37. The fraction of sp³-hybridized carbons (Fsp3) is 0.400. The highest BCUT2D eigenvalue weighted by Gasteiger charge is 2.27. The zero-order valence-corrected chi connectivity index (χ0v) is 15.2. The monoisotopic (exact) mass is 330 g/mol. The maximum atomic E-state index is 10.1. The predicted molar refractivity (Wildman–Crippen MR) is 99.6 cm³/mol. The van der Waals surface area contributed by atoms with Gasteiger partial charge in [-0.1, -0.05) is 64.1 Å². The van der Waals surface area contributed by atoms with Gasteiger partial charge in [0, 0.05) is 33.5 Å². The molecule has 2 aromatic rings. The molecule has 0 radical (unpaired) electrons. The van der Waals surface area contributed by atoms with Gasteiger partial charge in [0.05, 0.1) is 0 Å². The van der Waals surface area contributed by atoms with Crippen LogP contribution in [0.1, 0.15) is 38.8 Å². The summed E-state index contributed by atoms with van der Waals surface area (Å²) >= 11 is 1.85. The van der Waals surface area contributed by atoms with Crippen molar-refractivity contribution in [2.45, 2.75) is 38.5 Å². The van der Waals surface area contributed by atoms with Gasteiger partial charge in [0.1, 0.15) is 11.5 Å². The summed E-state index contributed by atoms with van der Waals surface area (Å²) in [5.41, 5.74) is 1.75. The number of hydrogen-bond acceptors (Lipinski definition) is 3. The van der Waals surface area contributed by atoms with Crippen LogP contribution in [0.15, 0.2) is 48.5 Å². The van der Waals surface area contributed by atoms with Gasteiger partial charge in [0.15, 0.2) is 0 Å². The largest absolute Gasteiger partial charge is 0.508 e. The SMILES string of the molecule is CC(C)(CSCC(C)(C)c1ccccc1O)c1ccccc1O. The second-order valence-corrected chi connectivity index (χ2v) is 8.28. The Kier molecular flexibility index (Phi) is 5.30. The van der Waals surface area contributed by atoms with Crippen LogP contribution in [0.5, 0.6) is 11.5 Å². The number of aromatic hydroxyl groups is 2. The second-order valence-electron chi connectivity index (χ2n) is 7.29. The third kappa shape index (κ3) is 4.23. The molecule has 0 aromatic heterocycles. The third-order valence-corrected chi connectivity index (χ3v) is 6.04. The Labute approximate surface area is 143 Å². The molecule has 0 saturated carbocycles. The van der Waals surface area contributed by atoms with E-state index in [2.05, 4.69) is 27.7 Å². The maximum absolute atomic E-state index is 10.1. The quantitative estimate of drug-likeness (QED) is 0.775. The molecule has 0 saturated heterocycles. The van der Waals surface area contributed by atoms with E-state index in [-0.39, 0.29) is 10.8 Å². The highest BCUT2D eigenvalue weighted by molar-refractivity contribution is 7.99. The Hall–Kier alpha value is -1.61. The molecule has 0 amide bonds. The molecular weight excluding hydrogens is 304 g/mol. The Morgan fingerprint density at radius 2 is 1.04 bits per heavy atom. The normalized spacial score (nSPS) is 12.3. The molecule has 0 bridgehead atoms. The van der Waals surface area contributed by atoms with Crippen LogP contribution in [0.2, 0.25) is 0 Å². The zero-order valence-electron chi connectivity index (χ0n) is 14.3. The van der Waals surface area contributed by atoms with Crippen molar-refractivity contribution >= 4 is 11.8 Å². The molecule has 2 aromatic carbocycles. The van der Waals surface area contributed by atoms with Crippen molar-refractivity contribution in [3.8, 4) is 11.5 Å². The first-order valence-electron chi connectivity index (χ1n) is 7.89. The summed E-state index contributed by atoms with van der Waals surface area (Å²) < 4.78 is 0. The standard InChI is InChI=1S/C20H26O2S/c1-19(2,15-9-5-7-11-17(15)21)13-23-14-20(3,4)16-10-6-8-12-18(16)22/h5-12,21-22H,13-14H2,1-4H3. The van der Waals surface area contributed by atoms with Gasteiger partial charge >= 0.3 is 0 Å². The molecule has 2 N–H and O–H groups in total. The van der Waals surface area contributed by atoms with Gasteiger partial charge in [-0.05, 0) is 12.1 Å². The van der Waals surface area contributed by atoms with Gasteiger partial charge < -0.3 is 10.2 Å². The Morgan fingerprint density at radius 3 is 1.39 bits per heavy atom. The summed E-state index contributed by atoms with van der Waals surface area (Å²) in [7, 11) is 0. The van der Waals surface area contributed by atoms with Crippen LogP contribution in [0.3, 0.4) is 0 Å². The number of benzene rings is 2. The molecule has 0 spiro atoms. The van der Waals surface area contributed by atoms with Crippen molar-refractivity contribution in [3.63, 3.8) is 0 Å². The zero-order chi connectivity index (χ0) is 17.1. The van der Waals surface area contributed by atoms with Gasteiger partial charge in [-0.15, -0.1) is 0 Å². The third-order valence-electron chi connectivity index (χ3n) is 4.19. The predicted octanol–water partition coefficient (Wildman–Crippen LogP) is 5.09. The molecule has 2 nitrogen and oxygen atoms in total. The molecule has 0 atom stereocenters. The summed E-state index contributed by atoms with van der Waals surface area (Å²) in [5.74, 6) is 2.53. The average molecular weight is 330 g/mol. The van der Waals surface area contributed by atoms with Crippen molar-refractivity contribution in [3.05, 3.63) is 59.7 Å².